The van der Waals surface area contributed by atoms with Crippen molar-refractivity contribution in [3.05, 3.63) is 101 Å². The molecule has 3 aromatic carbocycles. The lowest BCUT2D eigenvalue weighted by Gasteiger charge is -2.26. The molecule has 0 saturated carbocycles. The molecule has 0 spiro atoms. The third-order valence-corrected chi connectivity index (χ3v) is 6.32. The quantitative estimate of drug-likeness (QED) is 0.206. The van der Waals surface area contributed by atoms with Gasteiger partial charge in [0.2, 0.25) is 0 Å². The molecule has 6 heteroatoms. The van der Waals surface area contributed by atoms with Crippen LogP contribution in [0.2, 0.25) is 0 Å². The molecule has 6 nitrogen and oxygen atoms in total. The topological polar surface area (TPSA) is 76.1 Å². The van der Waals surface area contributed by atoms with Crippen molar-refractivity contribution in [2.75, 3.05) is 13.2 Å². The Morgan fingerprint density at radius 1 is 0.919 bits per heavy atom. The minimum atomic E-state index is -0.788. The number of benzene rings is 3. The van der Waals surface area contributed by atoms with Crippen LogP contribution in [-0.4, -0.2) is 34.9 Å². The lowest BCUT2D eigenvalue weighted by molar-refractivity contribution is -0.140. The fourth-order valence-electron chi connectivity index (χ4n) is 4.41. The van der Waals surface area contributed by atoms with Gasteiger partial charge >= 0.3 is 0 Å². The highest BCUT2D eigenvalue weighted by atomic mass is 16.5. The maximum Gasteiger partial charge on any atom is 0.295 e. The predicted octanol–water partition coefficient (Wildman–Crippen LogP) is 6.13. The van der Waals surface area contributed by atoms with Crippen molar-refractivity contribution in [1.29, 1.82) is 0 Å². The number of ether oxygens (including phenoxy) is 2. The summed E-state index contributed by atoms with van der Waals surface area (Å²) in [5.74, 6) is 0.0856. The highest BCUT2D eigenvalue weighted by Crippen LogP contribution is 2.42. The molecule has 1 aliphatic rings. The Morgan fingerprint density at radius 3 is 2.24 bits per heavy atom. The summed E-state index contributed by atoms with van der Waals surface area (Å²) in [4.78, 5) is 28.1. The zero-order valence-corrected chi connectivity index (χ0v) is 21.5. The van der Waals surface area contributed by atoms with Gasteiger partial charge in [-0.1, -0.05) is 80.6 Å². The molecule has 0 aliphatic carbocycles. The maximum absolute atomic E-state index is 13.3. The molecule has 1 atom stereocenters. The van der Waals surface area contributed by atoms with Gasteiger partial charge in [-0.3, -0.25) is 9.59 Å². The highest BCUT2D eigenvalue weighted by Gasteiger charge is 2.46. The fraction of sp³-hybridized carbons (Fsp3) is 0.290. The Labute approximate surface area is 218 Å². The Kier molecular flexibility index (Phi) is 8.29. The molecule has 1 amide bonds. The van der Waals surface area contributed by atoms with Crippen molar-refractivity contribution in [3.8, 4) is 11.5 Å². The maximum atomic E-state index is 13.3. The standard InChI is InChI=1S/C31H33NO5/c1-4-36-26-19-24(15-16-25(26)37-18-17-21(2)3)28-27(29(33)23-13-9-6-10-14-23)30(34)31(35)32(28)20-22-11-7-5-8-12-22/h5-16,19,21,28,33H,4,17-18,20H2,1-3H3. The lowest BCUT2D eigenvalue weighted by Crippen LogP contribution is -2.29. The molecule has 1 heterocycles. The molecular formula is C31H33NO5. The van der Waals surface area contributed by atoms with E-state index >= 15 is 0 Å². The zero-order valence-electron chi connectivity index (χ0n) is 21.5. The van der Waals surface area contributed by atoms with Crippen LogP contribution in [0.3, 0.4) is 0 Å². The van der Waals surface area contributed by atoms with E-state index in [1.165, 1.54) is 4.90 Å². The number of carbonyl (C=O) groups is 2. The van der Waals surface area contributed by atoms with E-state index < -0.39 is 17.7 Å². The van der Waals surface area contributed by atoms with Gasteiger partial charge < -0.3 is 19.5 Å². The predicted molar refractivity (Wildman–Crippen MR) is 143 cm³/mol. The van der Waals surface area contributed by atoms with Crippen molar-refractivity contribution in [2.45, 2.75) is 39.8 Å². The van der Waals surface area contributed by atoms with E-state index in [0.29, 0.717) is 41.8 Å². The van der Waals surface area contributed by atoms with Crippen LogP contribution in [0.4, 0.5) is 0 Å². The van der Waals surface area contributed by atoms with Crippen LogP contribution in [0.5, 0.6) is 11.5 Å². The molecule has 3 aromatic rings. The molecule has 1 saturated heterocycles. The van der Waals surface area contributed by atoms with Crippen molar-refractivity contribution in [2.24, 2.45) is 5.92 Å². The van der Waals surface area contributed by atoms with E-state index in [-0.39, 0.29) is 17.9 Å². The van der Waals surface area contributed by atoms with Gasteiger partial charge in [0, 0.05) is 12.1 Å². The molecule has 37 heavy (non-hydrogen) atoms. The molecule has 0 radical (unpaired) electrons. The number of nitrogens with zero attached hydrogens (tertiary/aromatic N) is 1. The van der Waals surface area contributed by atoms with Crippen LogP contribution in [0.15, 0.2) is 84.4 Å². The number of Topliss-reactive ketones (excluding diaryl/α,β-unsaturated/α-hetero) is 1. The van der Waals surface area contributed by atoms with Gasteiger partial charge in [-0.15, -0.1) is 0 Å². The summed E-state index contributed by atoms with van der Waals surface area (Å²) in [6.07, 6.45) is 0.904. The first-order valence-corrected chi connectivity index (χ1v) is 12.7. The zero-order chi connectivity index (χ0) is 26.4. The van der Waals surface area contributed by atoms with Crippen LogP contribution in [0.25, 0.3) is 5.76 Å². The average molecular weight is 500 g/mol. The van der Waals surface area contributed by atoms with E-state index in [2.05, 4.69) is 13.8 Å². The van der Waals surface area contributed by atoms with Gasteiger partial charge in [-0.25, -0.2) is 0 Å². The average Bonchev–Trinajstić information content (AvgIpc) is 3.15. The Balaban J connectivity index is 1.81. The van der Waals surface area contributed by atoms with Crippen LogP contribution in [0, 0.1) is 5.92 Å². The SMILES string of the molecule is CCOc1cc(C2C(=C(O)c3ccccc3)C(=O)C(=O)N2Cc2ccccc2)ccc1OCCC(C)C. The number of hydrogen-bond donors (Lipinski definition) is 1. The van der Waals surface area contributed by atoms with Crippen molar-refractivity contribution < 1.29 is 24.2 Å². The van der Waals surface area contributed by atoms with Crippen LogP contribution in [0.1, 0.15) is 49.9 Å². The molecule has 0 aromatic heterocycles. The monoisotopic (exact) mass is 499 g/mol. The first kappa shape index (κ1) is 26.0. The fourth-order valence-corrected chi connectivity index (χ4v) is 4.41. The Bertz CT molecular complexity index is 1270. The third-order valence-electron chi connectivity index (χ3n) is 6.32. The second-order valence-corrected chi connectivity index (χ2v) is 9.45. The number of aliphatic hydroxyl groups is 1. The Morgan fingerprint density at radius 2 is 1.59 bits per heavy atom. The number of ketones is 1. The smallest absolute Gasteiger partial charge is 0.295 e. The lowest BCUT2D eigenvalue weighted by atomic mass is 9.94. The summed E-state index contributed by atoms with van der Waals surface area (Å²) < 4.78 is 11.9. The number of aliphatic hydroxyl groups excluding tert-OH is 1. The van der Waals surface area contributed by atoms with Gasteiger partial charge in [0.25, 0.3) is 11.7 Å². The summed E-state index contributed by atoms with van der Waals surface area (Å²) in [6.45, 7) is 7.37. The van der Waals surface area contributed by atoms with Crippen molar-refractivity contribution >= 4 is 17.4 Å². The summed E-state index contributed by atoms with van der Waals surface area (Å²) in [6, 6.07) is 23.0. The first-order chi connectivity index (χ1) is 17.9. The third kappa shape index (κ3) is 5.85. The molecule has 1 N–H and O–H groups in total. The molecule has 1 aliphatic heterocycles. The highest BCUT2D eigenvalue weighted by molar-refractivity contribution is 6.46. The van der Waals surface area contributed by atoms with E-state index in [1.54, 1.807) is 30.3 Å². The van der Waals surface area contributed by atoms with E-state index in [1.807, 2.05) is 55.5 Å². The molecular weight excluding hydrogens is 466 g/mol. The van der Waals surface area contributed by atoms with Crippen LogP contribution < -0.4 is 9.47 Å². The van der Waals surface area contributed by atoms with Gasteiger partial charge in [0.05, 0.1) is 24.8 Å². The first-order valence-electron chi connectivity index (χ1n) is 12.7. The molecule has 0 bridgehead atoms. The molecule has 4 rings (SSSR count). The van der Waals surface area contributed by atoms with Crippen LogP contribution in [-0.2, 0) is 16.1 Å². The second-order valence-electron chi connectivity index (χ2n) is 9.45. The van der Waals surface area contributed by atoms with Crippen molar-refractivity contribution in [3.63, 3.8) is 0 Å². The van der Waals surface area contributed by atoms with Crippen LogP contribution >= 0.6 is 0 Å². The number of carbonyl (C=O) groups excluding carboxylic acids is 2. The summed E-state index contributed by atoms with van der Waals surface area (Å²) >= 11 is 0. The molecule has 192 valence electrons. The number of amides is 1. The van der Waals surface area contributed by atoms with Gasteiger partial charge in [0.15, 0.2) is 11.5 Å². The minimum absolute atomic E-state index is 0.0584. The summed E-state index contributed by atoms with van der Waals surface area (Å²) in [7, 11) is 0. The van der Waals surface area contributed by atoms with E-state index in [9.17, 15) is 14.7 Å². The van der Waals surface area contributed by atoms with Gasteiger partial charge in [0.1, 0.15) is 5.76 Å². The Hall–Kier alpha value is -4.06. The molecule has 1 fully saturated rings. The van der Waals surface area contributed by atoms with E-state index in [4.69, 9.17) is 9.47 Å². The largest absolute Gasteiger partial charge is 0.507 e. The second kappa shape index (κ2) is 11.8. The summed E-state index contributed by atoms with van der Waals surface area (Å²) in [5, 5.41) is 11.2. The number of likely N-dealkylation sites (tertiary alicyclic amines) is 1. The molecule has 1 unspecified atom stereocenters. The normalized spacial score (nSPS) is 16.9. The van der Waals surface area contributed by atoms with Gasteiger partial charge in [-0.05, 0) is 42.5 Å². The van der Waals surface area contributed by atoms with E-state index in [0.717, 1.165) is 12.0 Å². The number of hydrogen-bond acceptors (Lipinski definition) is 5. The summed E-state index contributed by atoms with van der Waals surface area (Å²) in [5.41, 5.74) is 2.08. The number of rotatable bonds is 10. The minimum Gasteiger partial charge on any atom is -0.507 e. The van der Waals surface area contributed by atoms with Crippen molar-refractivity contribution in [1.82, 2.24) is 4.90 Å². The van der Waals surface area contributed by atoms with Gasteiger partial charge in [-0.2, -0.15) is 0 Å².